The van der Waals surface area contributed by atoms with Crippen molar-refractivity contribution in [2.75, 3.05) is 12.0 Å². The molecule has 1 heterocycles. The van der Waals surface area contributed by atoms with Crippen LogP contribution in [0.5, 0.6) is 5.75 Å². The largest absolute Gasteiger partial charge is 0.507 e. The Labute approximate surface area is 124 Å². The predicted molar refractivity (Wildman–Crippen MR) is 80.5 cm³/mol. The Kier molecular flexibility index (Phi) is 4.25. The molecule has 0 saturated heterocycles. The number of thioether (sulfide) groups is 1. The summed E-state index contributed by atoms with van der Waals surface area (Å²) < 4.78 is 0.824. The number of nitriles is 1. The maximum Gasteiger partial charge on any atom is 0.294 e. The number of nitrogens with two attached hydrogens (primary N) is 1. The van der Waals surface area contributed by atoms with Gasteiger partial charge in [0.2, 0.25) is 5.95 Å². The van der Waals surface area contributed by atoms with Crippen LogP contribution in [0.25, 0.3) is 0 Å². The lowest BCUT2D eigenvalue weighted by molar-refractivity contribution is 0.474. The molecule has 0 saturated carbocycles. The van der Waals surface area contributed by atoms with E-state index in [1.807, 2.05) is 0 Å². The van der Waals surface area contributed by atoms with Gasteiger partial charge in [0.1, 0.15) is 16.8 Å². The van der Waals surface area contributed by atoms with Crippen molar-refractivity contribution in [3.05, 3.63) is 45.7 Å². The lowest BCUT2D eigenvalue weighted by atomic mass is 10.2. The first-order valence-corrected chi connectivity index (χ1v) is 7.00. The van der Waals surface area contributed by atoms with E-state index in [4.69, 9.17) is 11.0 Å². The summed E-state index contributed by atoms with van der Waals surface area (Å²) >= 11 is 1.16. The van der Waals surface area contributed by atoms with Crippen LogP contribution < -0.4 is 11.3 Å². The Bertz CT molecular complexity index is 807. The fraction of sp³-hybridized carbons (Fsp3) is 0.0769. The van der Waals surface area contributed by atoms with E-state index in [1.165, 1.54) is 12.3 Å². The number of phenolic OH excluding ortho intramolecular Hbond substituents is 1. The van der Waals surface area contributed by atoms with Crippen LogP contribution in [0.1, 0.15) is 11.1 Å². The van der Waals surface area contributed by atoms with Gasteiger partial charge < -0.3 is 10.8 Å². The van der Waals surface area contributed by atoms with Crippen molar-refractivity contribution in [2.24, 2.45) is 5.10 Å². The lowest BCUT2D eigenvalue weighted by Gasteiger charge is -2.06. The summed E-state index contributed by atoms with van der Waals surface area (Å²) in [5.41, 5.74) is 5.32. The molecule has 0 atom stereocenters. The van der Waals surface area contributed by atoms with Crippen molar-refractivity contribution in [3.63, 3.8) is 0 Å². The average Bonchev–Trinajstić information content (AvgIpc) is 2.48. The molecule has 1 aromatic carbocycles. The van der Waals surface area contributed by atoms with E-state index in [1.54, 1.807) is 30.5 Å². The number of hydrogen-bond donors (Lipinski definition) is 2. The number of rotatable bonds is 3. The fourth-order valence-electron chi connectivity index (χ4n) is 1.58. The van der Waals surface area contributed by atoms with E-state index in [0.717, 1.165) is 16.4 Å². The smallest absolute Gasteiger partial charge is 0.294 e. The van der Waals surface area contributed by atoms with Crippen LogP contribution in [-0.4, -0.2) is 27.2 Å². The molecule has 2 rings (SSSR count). The molecule has 1 aromatic heterocycles. The Balaban J connectivity index is 2.54. The molecule has 21 heavy (non-hydrogen) atoms. The van der Waals surface area contributed by atoms with Gasteiger partial charge in [0.25, 0.3) is 5.56 Å². The number of aromatic nitrogens is 2. The molecule has 0 unspecified atom stereocenters. The molecule has 8 heteroatoms. The molecule has 3 N–H and O–H groups in total. The molecule has 106 valence electrons. The van der Waals surface area contributed by atoms with Crippen LogP contribution in [0.3, 0.4) is 0 Å². The molecule has 7 nitrogen and oxygen atoms in total. The average molecular weight is 301 g/mol. The number of para-hydroxylation sites is 1. The van der Waals surface area contributed by atoms with Crippen LogP contribution in [0, 0.1) is 11.3 Å². The molecule has 0 radical (unpaired) electrons. The predicted octanol–water partition coefficient (Wildman–Crippen LogP) is 1.01. The van der Waals surface area contributed by atoms with Crippen molar-refractivity contribution in [3.8, 4) is 11.8 Å². The van der Waals surface area contributed by atoms with E-state index in [-0.39, 0.29) is 22.3 Å². The minimum atomic E-state index is -0.652. The van der Waals surface area contributed by atoms with Gasteiger partial charge in [-0.1, -0.05) is 12.1 Å². The SMILES string of the molecule is CSc1nc(N)n(/N=C/c2ccccc2O)c(=O)c1C#N. The Morgan fingerprint density at radius 3 is 2.86 bits per heavy atom. The quantitative estimate of drug-likeness (QED) is 0.496. The third-order valence-electron chi connectivity index (χ3n) is 2.61. The number of anilines is 1. The van der Waals surface area contributed by atoms with Gasteiger partial charge in [0.15, 0.2) is 5.56 Å². The summed E-state index contributed by atoms with van der Waals surface area (Å²) in [5.74, 6) is -0.114. The van der Waals surface area contributed by atoms with E-state index in [2.05, 4.69) is 10.1 Å². The monoisotopic (exact) mass is 301 g/mol. The summed E-state index contributed by atoms with van der Waals surface area (Å²) in [6.07, 6.45) is 2.96. The zero-order valence-electron chi connectivity index (χ0n) is 11.0. The molecular weight excluding hydrogens is 290 g/mol. The van der Waals surface area contributed by atoms with Gasteiger partial charge in [-0.2, -0.15) is 15.0 Å². The number of nitrogen functional groups attached to an aromatic ring is 1. The van der Waals surface area contributed by atoms with Crippen LogP contribution in [0.4, 0.5) is 5.95 Å². The van der Waals surface area contributed by atoms with E-state index < -0.39 is 5.56 Å². The second kappa shape index (κ2) is 6.11. The van der Waals surface area contributed by atoms with Crippen molar-refractivity contribution in [1.29, 1.82) is 5.26 Å². The Hall–Kier alpha value is -2.79. The number of benzene rings is 1. The fourth-order valence-corrected chi connectivity index (χ4v) is 2.10. The zero-order chi connectivity index (χ0) is 15.4. The molecule has 0 bridgehead atoms. The highest BCUT2D eigenvalue weighted by Gasteiger charge is 2.13. The minimum absolute atomic E-state index is 0.0158. The van der Waals surface area contributed by atoms with Crippen molar-refractivity contribution >= 4 is 23.9 Å². The molecule has 0 fully saturated rings. The standard InChI is InChI=1S/C13H11N5O2S/c1-21-11-9(6-14)12(20)18(13(15)17-11)16-7-8-4-2-3-5-10(8)19/h2-5,7,19H,1H3,(H2,15,17)/b16-7+. The van der Waals surface area contributed by atoms with Gasteiger partial charge in [-0.3, -0.25) is 4.79 Å². The number of nitrogens with zero attached hydrogens (tertiary/aromatic N) is 4. The van der Waals surface area contributed by atoms with Gasteiger partial charge in [-0.05, 0) is 18.4 Å². The third-order valence-corrected chi connectivity index (χ3v) is 3.29. The maximum atomic E-state index is 12.1. The van der Waals surface area contributed by atoms with Gasteiger partial charge >= 0.3 is 0 Å². The first-order valence-electron chi connectivity index (χ1n) is 5.77. The van der Waals surface area contributed by atoms with Crippen molar-refractivity contribution < 1.29 is 5.11 Å². The molecule has 0 aliphatic carbocycles. The maximum absolute atomic E-state index is 12.1. The number of hydrogen-bond acceptors (Lipinski definition) is 7. The lowest BCUT2D eigenvalue weighted by Crippen LogP contribution is -2.24. The van der Waals surface area contributed by atoms with Crippen molar-refractivity contribution in [1.82, 2.24) is 9.66 Å². The van der Waals surface area contributed by atoms with Gasteiger partial charge in [-0.15, -0.1) is 11.8 Å². The van der Waals surface area contributed by atoms with Crippen LogP contribution >= 0.6 is 11.8 Å². The molecule has 2 aromatic rings. The summed E-state index contributed by atoms with van der Waals surface area (Å²) in [5, 5.41) is 22.8. The van der Waals surface area contributed by atoms with Gasteiger partial charge in [0.05, 0.1) is 6.21 Å². The molecular formula is C13H11N5O2S. The second-order valence-corrected chi connectivity index (χ2v) is 4.68. The van der Waals surface area contributed by atoms with E-state index in [0.29, 0.717) is 5.56 Å². The van der Waals surface area contributed by atoms with Crippen LogP contribution in [-0.2, 0) is 0 Å². The zero-order valence-corrected chi connectivity index (χ0v) is 11.8. The highest BCUT2D eigenvalue weighted by molar-refractivity contribution is 7.98. The summed E-state index contributed by atoms with van der Waals surface area (Å²) in [7, 11) is 0. The molecule has 0 aliphatic heterocycles. The third kappa shape index (κ3) is 2.88. The Morgan fingerprint density at radius 1 is 1.52 bits per heavy atom. The Morgan fingerprint density at radius 2 is 2.24 bits per heavy atom. The highest BCUT2D eigenvalue weighted by atomic mass is 32.2. The molecule has 0 spiro atoms. The minimum Gasteiger partial charge on any atom is -0.507 e. The normalized spacial score (nSPS) is 10.7. The molecule has 0 amide bonds. The highest BCUT2D eigenvalue weighted by Crippen LogP contribution is 2.16. The van der Waals surface area contributed by atoms with Crippen LogP contribution in [0.2, 0.25) is 0 Å². The van der Waals surface area contributed by atoms with Gasteiger partial charge in [0, 0.05) is 5.56 Å². The molecule has 0 aliphatic rings. The summed E-state index contributed by atoms with van der Waals surface area (Å²) in [4.78, 5) is 16.1. The number of phenols is 1. The summed E-state index contributed by atoms with van der Waals surface area (Å²) in [6, 6.07) is 8.28. The topological polar surface area (TPSA) is 117 Å². The first kappa shape index (κ1) is 14.6. The second-order valence-electron chi connectivity index (χ2n) is 3.89. The van der Waals surface area contributed by atoms with Crippen LogP contribution in [0.15, 0.2) is 39.2 Å². The summed E-state index contributed by atoms with van der Waals surface area (Å²) in [6.45, 7) is 0. The first-order chi connectivity index (χ1) is 10.1. The van der Waals surface area contributed by atoms with Crippen molar-refractivity contribution in [2.45, 2.75) is 5.03 Å². The van der Waals surface area contributed by atoms with Gasteiger partial charge in [-0.25, -0.2) is 4.98 Å². The number of aromatic hydroxyl groups is 1. The van der Waals surface area contributed by atoms with E-state index >= 15 is 0 Å². The van der Waals surface area contributed by atoms with E-state index in [9.17, 15) is 9.90 Å².